The fourth-order valence-corrected chi connectivity index (χ4v) is 3.36. The maximum absolute atomic E-state index is 5.73. The van der Waals surface area contributed by atoms with Gasteiger partial charge < -0.3 is 24.7 Å². The normalized spacial score (nSPS) is 15.9. The summed E-state index contributed by atoms with van der Waals surface area (Å²) in [7, 11) is 1.68. The fraction of sp³-hybridized carbons (Fsp3) is 0.500. The Morgan fingerprint density at radius 2 is 2.00 bits per heavy atom. The lowest BCUT2D eigenvalue weighted by Crippen LogP contribution is -2.37. The molecule has 148 valence electrons. The molecule has 2 N–H and O–H groups in total. The van der Waals surface area contributed by atoms with Gasteiger partial charge in [-0.2, -0.15) is 4.98 Å². The molecule has 0 saturated carbocycles. The highest BCUT2D eigenvalue weighted by Gasteiger charge is 2.22. The van der Waals surface area contributed by atoms with Gasteiger partial charge in [-0.25, -0.2) is 19.9 Å². The Bertz CT molecular complexity index is 983. The Morgan fingerprint density at radius 1 is 1.21 bits per heavy atom. The summed E-state index contributed by atoms with van der Waals surface area (Å²) in [6.45, 7) is 7.30. The van der Waals surface area contributed by atoms with Crippen molar-refractivity contribution in [2.24, 2.45) is 0 Å². The number of anilines is 2. The van der Waals surface area contributed by atoms with Gasteiger partial charge in [0.2, 0.25) is 11.9 Å². The van der Waals surface area contributed by atoms with E-state index in [2.05, 4.69) is 26.8 Å². The number of aromatic nitrogens is 6. The molecule has 4 heterocycles. The number of fused-ring (bicyclic) bond motifs is 1. The summed E-state index contributed by atoms with van der Waals surface area (Å²) in [6.07, 6.45) is 3.48. The molecule has 28 heavy (non-hydrogen) atoms. The van der Waals surface area contributed by atoms with E-state index in [1.54, 1.807) is 19.6 Å². The van der Waals surface area contributed by atoms with Crippen LogP contribution in [0.15, 0.2) is 12.5 Å². The van der Waals surface area contributed by atoms with Crippen molar-refractivity contribution in [2.45, 2.75) is 19.9 Å². The third kappa shape index (κ3) is 3.36. The first-order valence-electron chi connectivity index (χ1n) is 9.24. The monoisotopic (exact) mass is 384 g/mol. The second kappa shape index (κ2) is 7.64. The summed E-state index contributed by atoms with van der Waals surface area (Å²) in [5, 5.41) is 0. The van der Waals surface area contributed by atoms with Crippen LogP contribution in [0.4, 0.5) is 11.9 Å². The van der Waals surface area contributed by atoms with Crippen LogP contribution in [0.3, 0.4) is 0 Å². The summed E-state index contributed by atoms with van der Waals surface area (Å²) in [4.78, 5) is 24.8. The first kappa shape index (κ1) is 18.5. The van der Waals surface area contributed by atoms with Crippen molar-refractivity contribution in [1.29, 1.82) is 0 Å². The molecule has 0 bridgehead atoms. The number of nitrogens with zero attached hydrogens (tertiary/aromatic N) is 7. The van der Waals surface area contributed by atoms with Crippen LogP contribution in [0, 0.1) is 6.92 Å². The van der Waals surface area contributed by atoms with E-state index in [9.17, 15) is 0 Å². The number of morpholine rings is 1. The highest BCUT2D eigenvalue weighted by atomic mass is 16.5. The number of nitrogens with two attached hydrogens (primary N) is 1. The van der Waals surface area contributed by atoms with Crippen molar-refractivity contribution in [3.8, 4) is 11.3 Å². The van der Waals surface area contributed by atoms with Crippen LogP contribution in [-0.4, -0.2) is 69.5 Å². The van der Waals surface area contributed by atoms with Gasteiger partial charge in [-0.15, -0.1) is 0 Å². The van der Waals surface area contributed by atoms with E-state index in [4.69, 9.17) is 25.2 Å². The zero-order chi connectivity index (χ0) is 19.7. The molecule has 3 aromatic heterocycles. The Hall–Kier alpha value is -2.85. The van der Waals surface area contributed by atoms with Gasteiger partial charge in [0.05, 0.1) is 37.9 Å². The first-order valence-corrected chi connectivity index (χ1v) is 9.24. The molecule has 3 aromatic rings. The number of ether oxygens (including phenoxy) is 2. The maximum Gasteiger partial charge on any atom is 0.228 e. The number of nitrogen functional groups attached to an aromatic ring is 1. The van der Waals surface area contributed by atoms with E-state index >= 15 is 0 Å². The molecule has 0 spiro atoms. The number of imidazole rings is 1. The molecule has 0 amide bonds. The number of aryl methyl sites for hydroxylation is 1. The average molecular weight is 384 g/mol. The van der Waals surface area contributed by atoms with Gasteiger partial charge >= 0.3 is 0 Å². The second-order valence-electron chi connectivity index (χ2n) is 6.83. The van der Waals surface area contributed by atoms with Gasteiger partial charge in [0.1, 0.15) is 11.2 Å². The minimum Gasteiger partial charge on any atom is -0.383 e. The quantitative estimate of drug-likeness (QED) is 0.692. The van der Waals surface area contributed by atoms with Crippen LogP contribution in [0.2, 0.25) is 0 Å². The van der Waals surface area contributed by atoms with Gasteiger partial charge in [-0.1, -0.05) is 0 Å². The molecule has 10 heteroatoms. The van der Waals surface area contributed by atoms with Crippen LogP contribution in [0.5, 0.6) is 0 Å². The standard InChI is InChI=1S/C18H24N8O2/c1-11(9-27-3)26-10-21-15-14(13-8-20-17(19)22-12(13)2)23-18(24-16(15)26)25-4-6-28-7-5-25/h8,10-11H,4-7,9H2,1-3H3,(H2,19,20,22). The van der Waals surface area contributed by atoms with Crippen molar-refractivity contribution in [1.82, 2.24) is 29.5 Å². The largest absolute Gasteiger partial charge is 0.383 e. The molecule has 1 atom stereocenters. The highest BCUT2D eigenvalue weighted by Crippen LogP contribution is 2.30. The van der Waals surface area contributed by atoms with E-state index in [1.807, 2.05) is 11.5 Å². The molecule has 10 nitrogen and oxygen atoms in total. The third-order valence-electron chi connectivity index (χ3n) is 4.84. The smallest absolute Gasteiger partial charge is 0.228 e. The van der Waals surface area contributed by atoms with Gasteiger partial charge in [0, 0.05) is 32.0 Å². The molecular formula is C18H24N8O2. The molecule has 1 saturated heterocycles. The Morgan fingerprint density at radius 3 is 2.71 bits per heavy atom. The van der Waals surface area contributed by atoms with Gasteiger partial charge in [-0.3, -0.25) is 0 Å². The zero-order valence-corrected chi connectivity index (χ0v) is 16.3. The first-order chi connectivity index (χ1) is 13.6. The molecule has 1 aliphatic heterocycles. The SMILES string of the molecule is COCC(C)n1cnc2c(-c3cnc(N)nc3C)nc(N3CCOCC3)nc21. The highest BCUT2D eigenvalue weighted by molar-refractivity contribution is 5.89. The summed E-state index contributed by atoms with van der Waals surface area (Å²) in [6, 6.07) is 0.0825. The fourth-order valence-electron chi connectivity index (χ4n) is 3.36. The van der Waals surface area contributed by atoms with Crippen molar-refractivity contribution in [2.75, 3.05) is 50.7 Å². The van der Waals surface area contributed by atoms with E-state index in [0.717, 1.165) is 30.0 Å². The van der Waals surface area contributed by atoms with Gasteiger partial charge in [0.25, 0.3) is 0 Å². The molecule has 0 radical (unpaired) electrons. The molecular weight excluding hydrogens is 360 g/mol. The summed E-state index contributed by atoms with van der Waals surface area (Å²) in [5.41, 5.74) is 9.44. The lowest BCUT2D eigenvalue weighted by atomic mass is 10.1. The van der Waals surface area contributed by atoms with Crippen molar-refractivity contribution in [3.63, 3.8) is 0 Å². The van der Waals surface area contributed by atoms with Crippen LogP contribution < -0.4 is 10.6 Å². The van der Waals surface area contributed by atoms with E-state index in [1.165, 1.54) is 0 Å². The van der Waals surface area contributed by atoms with Crippen molar-refractivity contribution >= 4 is 23.1 Å². The summed E-state index contributed by atoms with van der Waals surface area (Å²) in [5.74, 6) is 0.882. The van der Waals surface area contributed by atoms with E-state index < -0.39 is 0 Å². The van der Waals surface area contributed by atoms with E-state index in [0.29, 0.717) is 37.0 Å². The molecule has 0 aliphatic carbocycles. The molecule has 0 aromatic carbocycles. The predicted molar refractivity (Wildman–Crippen MR) is 105 cm³/mol. The van der Waals surface area contributed by atoms with Crippen LogP contribution >= 0.6 is 0 Å². The average Bonchev–Trinajstić information content (AvgIpc) is 3.12. The number of hydrogen-bond acceptors (Lipinski definition) is 9. The summed E-state index contributed by atoms with van der Waals surface area (Å²) >= 11 is 0. The number of rotatable bonds is 5. The maximum atomic E-state index is 5.73. The summed E-state index contributed by atoms with van der Waals surface area (Å²) < 4.78 is 12.8. The van der Waals surface area contributed by atoms with Crippen LogP contribution in [0.1, 0.15) is 18.7 Å². The van der Waals surface area contributed by atoms with Crippen molar-refractivity contribution in [3.05, 3.63) is 18.2 Å². The molecule has 4 rings (SSSR count). The van der Waals surface area contributed by atoms with E-state index in [-0.39, 0.29) is 12.0 Å². The second-order valence-corrected chi connectivity index (χ2v) is 6.83. The van der Waals surface area contributed by atoms with Gasteiger partial charge in [0.15, 0.2) is 5.65 Å². The Kier molecular flexibility index (Phi) is 5.05. The molecule has 1 fully saturated rings. The lowest BCUT2D eigenvalue weighted by molar-refractivity contribution is 0.122. The minimum atomic E-state index is 0.0825. The number of hydrogen-bond donors (Lipinski definition) is 1. The lowest BCUT2D eigenvalue weighted by Gasteiger charge is -2.27. The topological polar surface area (TPSA) is 117 Å². The number of methoxy groups -OCH3 is 1. The van der Waals surface area contributed by atoms with Crippen molar-refractivity contribution < 1.29 is 9.47 Å². The predicted octanol–water partition coefficient (Wildman–Crippen LogP) is 1.22. The van der Waals surface area contributed by atoms with Gasteiger partial charge in [-0.05, 0) is 13.8 Å². The zero-order valence-electron chi connectivity index (χ0n) is 16.3. The third-order valence-corrected chi connectivity index (χ3v) is 4.84. The Balaban J connectivity index is 1.91. The van der Waals surface area contributed by atoms with Crippen LogP contribution in [0.25, 0.3) is 22.4 Å². The van der Waals surface area contributed by atoms with Crippen LogP contribution in [-0.2, 0) is 9.47 Å². The molecule has 1 unspecified atom stereocenters. The molecule has 1 aliphatic rings. The minimum absolute atomic E-state index is 0.0825. The Labute approximate surface area is 162 Å².